The number of piperazine rings is 1. The Morgan fingerprint density at radius 1 is 1.12 bits per heavy atom. The minimum atomic E-state index is -0.750. The molecular weight excluding hydrogens is 314 g/mol. The van der Waals surface area contributed by atoms with Gasteiger partial charge in [0.15, 0.2) is 0 Å². The van der Waals surface area contributed by atoms with E-state index in [1.165, 1.54) is 0 Å². The van der Waals surface area contributed by atoms with Gasteiger partial charge in [0.25, 0.3) is 5.09 Å². The SMILES string of the molecule is C/C=C\CCCC(=O)OCCN1CCN(CCCO[N+](=O)[O-])CC1. The van der Waals surface area contributed by atoms with Crippen LogP contribution in [0.5, 0.6) is 0 Å². The molecule has 0 amide bonds. The Kier molecular flexibility index (Phi) is 10.8. The van der Waals surface area contributed by atoms with E-state index in [1.807, 2.05) is 13.0 Å². The standard InChI is InChI=1S/C16H29N3O5/c1-2-3-4-5-7-16(20)23-15-13-18-11-9-17(10-12-18)8-6-14-24-19(21)22/h2-3H,4-15H2,1H3/b3-2-. The zero-order chi connectivity index (χ0) is 17.6. The number of allylic oxidation sites excluding steroid dienone is 2. The summed E-state index contributed by atoms with van der Waals surface area (Å²) in [5.41, 5.74) is 0. The van der Waals surface area contributed by atoms with Crippen molar-refractivity contribution < 1.29 is 19.5 Å². The van der Waals surface area contributed by atoms with Crippen LogP contribution in [0.1, 0.15) is 32.6 Å². The smallest absolute Gasteiger partial charge is 0.305 e. The summed E-state index contributed by atoms with van der Waals surface area (Å²) in [6, 6.07) is 0. The third-order valence-corrected chi connectivity index (χ3v) is 3.94. The van der Waals surface area contributed by atoms with Gasteiger partial charge in [-0.05, 0) is 26.2 Å². The fraction of sp³-hybridized carbons (Fsp3) is 0.812. The third kappa shape index (κ3) is 10.2. The Bertz CT molecular complexity index is 395. The molecule has 0 unspecified atom stereocenters. The quantitative estimate of drug-likeness (QED) is 0.174. The number of ether oxygens (including phenoxy) is 1. The first-order valence-electron chi connectivity index (χ1n) is 8.60. The van der Waals surface area contributed by atoms with Crippen LogP contribution in [0, 0.1) is 10.1 Å². The first kappa shape index (κ1) is 20.4. The van der Waals surface area contributed by atoms with Gasteiger partial charge in [-0.25, -0.2) is 0 Å². The van der Waals surface area contributed by atoms with Gasteiger partial charge in [-0.15, -0.1) is 10.1 Å². The van der Waals surface area contributed by atoms with Crippen molar-refractivity contribution in [1.82, 2.24) is 9.80 Å². The monoisotopic (exact) mass is 343 g/mol. The molecule has 1 aliphatic heterocycles. The van der Waals surface area contributed by atoms with Crippen LogP contribution in [-0.2, 0) is 14.4 Å². The van der Waals surface area contributed by atoms with Gasteiger partial charge in [0, 0.05) is 45.7 Å². The van der Waals surface area contributed by atoms with E-state index in [2.05, 4.69) is 20.7 Å². The van der Waals surface area contributed by atoms with Gasteiger partial charge >= 0.3 is 5.97 Å². The van der Waals surface area contributed by atoms with E-state index in [9.17, 15) is 14.9 Å². The van der Waals surface area contributed by atoms with Crippen LogP contribution in [0.25, 0.3) is 0 Å². The minimum Gasteiger partial charge on any atom is -0.464 e. The van der Waals surface area contributed by atoms with Crippen LogP contribution in [0.2, 0.25) is 0 Å². The van der Waals surface area contributed by atoms with Crippen molar-refractivity contribution in [2.24, 2.45) is 0 Å². The van der Waals surface area contributed by atoms with E-state index in [-0.39, 0.29) is 12.6 Å². The molecule has 0 radical (unpaired) electrons. The van der Waals surface area contributed by atoms with Crippen LogP contribution >= 0.6 is 0 Å². The first-order chi connectivity index (χ1) is 11.6. The number of esters is 1. The summed E-state index contributed by atoms with van der Waals surface area (Å²) in [6.07, 6.45) is 6.93. The normalized spacial score (nSPS) is 16.4. The molecule has 1 saturated heterocycles. The van der Waals surface area contributed by atoms with Crippen molar-refractivity contribution in [3.8, 4) is 0 Å². The van der Waals surface area contributed by atoms with E-state index >= 15 is 0 Å². The molecular formula is C16H29N3O5. The Morgan fingerprint density at radius 3 is 2.42 bits per heavy atom. The summed E-state index contributed by atoms with van der Waals surface area (Å²) in [7, 11) is 0. The molecule has 0 spiro atoms. The highest BCUT2D eigenvalue weighted by Crippen LogP contribution is 2.03. The van der Waals surface area contributed by atoms with Gasteiger partial charge in [-0.1, -0.05) is 12.2 Å². The second-order valence-corrected chi connectivity index (χ2v) is 5.78. The summed E-state index contributed by atoms with van der Waals surface area (Å²) in [4.78, 5) is 30.5. The molecule has 138 valence electrons. The van der Waals surface area contributed by atoms with Crippen LogP contribution in [0.15, 0.2) is 12.2 Å². The Hall–Kier alpha value is -1.67. The number of nitrogens with zero attached hydrogens (tertiary/aromatic N) is 3. The zero-order valence-electron chi connectivity index (χ0n) is 14.5. The van der Waals surface area contributed by atoms with E-state index in [1.54, 1.807) is 0 Å². The number of carbonyl (C=O) groups excluding carboxylic acids is 1. The third-order valence-electron chi connectivity index (χ3n) is 3.94. The number of carbonyl (C=O) groups is 1. The Morgan fingerprint density at radius 2 is 1.79 bits per heavy atom. The maximum absolute atomic E-state index is 11.6. The van der Waals surface area contributed by atoms with Crippen LogP contribution in [-0.4, -0.2) is 73.3 Å². The fourth-order valence-electron chi connectivity index (χ4n) is 2.56. The average Bonchev–Trinajstić information content (AvgIpc) is 2.57. The number of hydrogen-bond donors (Lipinski definition) is 0. The van der Waals surface area contributed by atoms with Crippen LogP contribution < -0.4 is 0 Å². The molecule has 0 aromatic carbocycles. The summed E-state index contributed by atoms with van der Waals surface area (Å²) < 4.78 is 5.26. The molecule has 8 heteroatoms. The molecule has 8 nitrogen and oxygen atoms in total. The second kappa shape index (κ2) is 12.7. The molecule has 0 aromatic heterocycles. The van der Waals surface area contributed by atoms with Crippen molar-refractivity contribution in [2.75, 3.05) is 52.5 Å². The molecule has 0 aliphatic carbocycles. The molecule has 0 bridgehead atoms. The van der Waals surface area contributed by atoms with E-state index in [0.29, 0.717) is 19.4 Å². The maximum Gasteiger partial charge on any atom is 0.305 e. The van der Waals surface area contributed by atoms with Crippen molar-refractivity contribution in [3.63, 3.8) is 0 Å². The number of unbranched alkanes of at least 4 members (excludes halogenated alkanes) is 1. The van der Waals surface area contributed by atoms with Crippen molar-refractivity contribution in [1.29, 1.82) is 0 Å². The lowest BCUT2D eigenvalue weighted by Gasteiger charge is -2.34. The molecule has 1 heterocycles. The highest BCUT2D eigenvalue weighted by Gasteiger charge is 2.16. The van der Waals surface area contributed by atoms with Crippen molar-refractivity contribution >= 4 is 5.97 Å². The van der Waals surface area contributed by atoms with Gasteiger partial charge < -0.3 is 14.5 Å². The summed E-state index contributed by atoms with van der Waals surface area (Å²) in [5.74, 6) is -0.121. The van der Waals surface area contributed by atoms with Crippen LogP contribution in [0.3, 0.4) is 0 Å². The lowest BCUT2D eigenvalue weighted by molar-refractivity contribution is -0.757. The number of hydrogen-bond acceptors (Lipinski definition) is 7. The average molecular weight is 343 g/mol. The molecule has 1 aliphatic rings. The molecule has 24 heavy (non-hydrogen) atoms. The van der Waals surface area contributed by atoms with Crippen molar-refractivity contribution in [2.45, 2.75) is 32.6 Å². The Balaban J connectivity index is 1.99. The van der Waals surface area contributed by atoms with Gasteiger partial charge in [0.05, 0.1) is 6.61 Å². The lowest BCUT2D eigenvalue weighted by atomic mass is 10.2. The lowest BCUT2D eigenvalue weighted by Crippen LogP contribution is -2.47. The zero-order valence-corrected chi connectivity index (χ0v) is 14.5. The summed E-state index contributed by atoms with van der Waals surface area (Å²) >= 11 is 0. The van der Waals surface area contributed by atoms with Gasteiger partial charge in [0.1, 0.15) is 6.61 Å². The molecule has 0 aromatic rings. The molecule has 1 fully saturated rings. The highest BCUT2D eigenvalue weighted by molar-refractivity contribution is 5.69. The predicted molar refractivity (Wildman–Crippen MR) is 90.1 cm³/mol. The fourth-order valence-corrected chi connectivity index (χ4v) is 2.56. The predicted octanol–water partition coefficient (Wildman–Crippen LogP) is 1.49. The van der Waals surface area contributed by atoms with Gasteiger partial charge in [0.2, 0.25) is 0 Å². The maximum atomic E-state index is 11.6. The van der Waals surface area contributed by atoms with Gasteiger partial charge in [-0.3, -0.25) is 9.69 Å². The molecule has 0 N–H and O–H groups in total. The second-order valence-electron chi connectivity index (χ2n) is 5.78. The van der Waals surface area contributed by atoms with Crippen molar-refractivity contribution in [3.05, 3.63) is 22.3 Å². The van der Waals surface area contributed by atoms with Gasteiger partial charge in [-0.2, -0.15) is 0 Å². The van der Waals surface area contributed by atoms with Crippen LogP contribution in [0.4, 0.5) is 0 Å². The first-order valence-corrected chi connectivity index (χ1v) is 8.60. The molecule has 1 rings (SSSR count). The molecule has 0 atom stereocenters. The van der Waals surface area contributed by atoms with E-state index in [0.717, 1.165) is 52.1 Å². The summed E-state index contributed by atoms with van der Waals surface area (Å²) in [6.45, 7) is 7.84. The van der Waals surface area contributed by atoms with E-state index in [4.69, 9.17) is 4.74 Å². The highest BCUT2D eigenvalue weighted by atomic mass is 16.9. The summed E-state index contributed by atoms with van der Waals surface area (Å²) in [5, 5.41) is 9.30. The minimum absolute atomic E-state index is 0.121. The number of rotatable bonds is 12. The topological polar surface area (TPSA) is 85.2 Å². The Labute approximate surface area is 143 Å². The van der Waals surface area contributed by atoms with E-state index < -0.39 is 5.09 Å². The largest absolute Gasteiger partial charge is 0.464 e. The molecule has 0 saturated carbocycles.